The van der Waals surface area contributed by atoms with Crippen molar-refractivity contribution in [1.82, 2.24) is 0 Å². The number of halogens is 6. The van der Waals surface area contributed by atoms with Crippen molar-refractivity contribution in [3.8, 4) is 0 Å². The second-order valence-corrected chi connectivity index (χ2v) is 3.46. The van der Waals surface area contributed by atoms with Crippen molar-refractivity contribution in [1.29, 1.82) is 0 Å². The maximum absolute atomic E-state index is 13.1. The van der Waals surface area contributed by atoms with Gasteiger partial charge in [0.05, 0.1) is 17.3 Å². The van der Waals surface area contributed by atoms with Crippen LogP contribution in [0.4, 0.5) is 32.0 Å². The molecule has 0 heterocycles. The van der Waals surface area contributed by atoms with Crippen LogP contribution in [0.25, 0.3) is 0 Å². The van der Waals surface area contributed by atoms with Crippen LogP contribution in [0.3, 0.4) is 0 Å². The fraction of sp³-hybridized carbons (Fsp3) is 0.400. The molecule has 1 atom stereocenters. The van der Waals surface area contributed by atoms with Crippen molar-refractivity contribution < 1.29 is 26.3 Å². The van der Waals surface area contributed by atoms with E-state index in [-0.39, 0.29) is 0 Å². The van der Waals surface area contributed by atoms with E-state index in [9.17, 15) is 26.3 Å². The number of rotatable bonds is 3. The maximum Gasteiger partial charge on any atom is 0.416 e. The van der Waals surface area contributed by atoms with Gasteiger partial charge in [0.1, 0.15) is 5.82 Å². The molecule has 7 heteroatoms. The summed E-state index contributed by atoms with van der Waals surface area (Å²) in [5.41, 5.74) is -1.68. The summed E-state index contributed by atoms with van der Waals surface area (Å²) in [6.45, 7) is 1.05. The largest absolute Gasteiger partial charge is 0.416 e. The van der Waals surface area contributed by atoms with Crippen LogP contribution in [0.5, 0.6) is 0 Å². The van der Waals surface area contributed by atoms with Gasteiger partial charge in [0.15, 0.2) is 0 Å². The molecule has 1 aromatic rings. The molecule has 1 aromatic carbocycles. The Bertz CT molecular complexity index is 387. The second kappa shape index (κ2) is 4.85. The zero-order chi connectivity index (χ0) is 13.2. The van der Waals surface area contributed by atoms with E-state index in [2.05, 4.69) is 0 Å². The molecule has 17 heavy (non-hydrogen) atoms. The van der Waals surface area contributed by atoms with Gasteiger partial charge in [-0.05, 0) is 25.1 Å². The molecular weight excluding hydrogens is 248 g/mol. The van der Waals surface area contributed by atoms with Gasteiger partial charge in [-0.15, -0.1) is 0 Å². The van der Waals surface area contributed by atoms with Gasteiger partial charge < -0.3 is 5.32 Å². The van der Waals surface area contributed by atoms with E-state index in [0.29, 0.717) is 18.2 Å². The van der Waals surface area contributed by atoms with Crippen molar-refractivity contribution in [3.05, 3.63) is 29.6 Å². The van der Waals surface area contributed by atoms with Crippen molar-refractivity contribution >= 4 is 5.69 Å². The molecule has 0 bridgehead atoms. The number of alkyl halides is 5. The summed E-state index contributed by atoms with van der Waals surface area (Å²) >= 11 is 0. The molecule has 0 spiro atoms. The first kappa shape index (κ1) is 13.7. The first-order valence-corrected chi connectivity index (χ1v) is 4.63. The Morgan fingerprint density at radius 3 is 2.24 bits per heavy atom. The predicted octanol–water partition coefficient (Wildman–Crippen LogP) is 3.91. The van der Waals surface area contributed by atoms with E-state index in [1.807, 2.05) is 5.32 Å². The number of hydrogen-bond acceptors (Lipinski definition) is 1. The van der Waals surface area contributed by atoms with E-state index in [4.69, 9.17) is 0 Å². The minimum absolute atomic E-state index is 0.466. The van der Waals surface area contributed by atoms with Crippen molar-refractivity contribution in [3.63, 3.8) is 0 Å². The topological polar surface area (TPSA) is 12.0 Å². The molecular formula is C10H9F6N. The highest BCUT2D eigenvalue weighted by atomic mass is 19.4. The molecule has 1 nitrogen and oxygen atoms in total. The highest BCUT2D eigenvalue weighted by Crippen LogP contribution is 2.32. The molecule has 1 N–H and O–H groups in total. The minimum atomic E-state index is -4.64. The molecule has 1 rings (SSSR count). The lowest BCUT2D eigenvalue weighted by molar-refractivity contribution is -0.137. The highest BCUT2D eigenvalue weighted by molar-refractivity contribution is 5.48. The van der Waals surface area contributed by atoms with Gasteiger partial charge in [-0.3, -0.25) is 0 Å². The fourth-order valence-electron chi connectivity index (χ4n) is 1.12. The summed E-state index contributed by atoms with van der Waals surface area (Å²) in [6, 6.07) is 0.165. The molecule has 0 saturated carbocycles. The van der Waals surface area contributed by atoms with Crippen LogP contribution in [0.2, 0.25) is 0 Å². The molecule has 0 aliphatic rings. The molecule has 0 fully saturated rings. The average molecular weight is 257 g/mol. The summed E-state index contributed by atoms with van der Waals surface area (Å²) in [7, 11) is 0. The summed E-state index contributed by atoms with van der Waals surface area (Å²) < 4.78 is 74.3. The van der Waals surface area contributed by atoms with Crippen LogP contribution in [0.1, 0.15) is 12.5 Å². The Morgan fingerprint density at radius 2 is 1.76 bits per heavy atom. The molecule has 0 radical (unpaired) electrons. The first-order chi connectivity index (χ1) is 7.71. The lowest BCUT2D eigenvalue weighted by atomic mass is 10.1. The van der Waals surface area contributed by atoms with E-state index < -0.39 is 35.7 Å². The van der Waals surface area contributed by atoms with Crippen molar-refractivity contribution in [2.24, 2.45) is 0 Å². The van der Waals surface area contributed by atoms with Gasteiger partial charge in [-0.25, -0.2) is 13.2 Å². The third-order valence-corrected chi connectivity index (χ3v) is 2.05. The molecule has 0 aromatic heterocycles. The smallest absolute Gasteiger partial charge is 0.374 e. The highest BCUT2D eigenvalue weighted by Gasteiger charge is 2.31. The third-order valence-electron chi connectivity index (χ3n) is 2.05. The van der Waals surface area contributed by atoms with Crippen LogP contribution >= 0.6 is 0 Å². The molecule has 0 saturated heterocycles. The normalized spacial score (nSPS) is 13.9. The third kappa shape index (κ3) is 3.54. The van der Waals surface area contributed by atoms with Crippen LogP contribution in [-0.2, 0) is 6.18 Å². The SMILES string of the molecule is CC(Nc1cc(C(F)(F)F)ccc1F)C(F)F. The quantitative estimate of drug-likeness (QED) is 0.809. The molecule has 0 aliphatic heterocycles. The van der Waals surface area contributed by atoms with Gasteiger partial charge in [-0.1, -0.05) is 0 Å². The molecule has 1 unspecified atom stereocenters. The zero-order valence-corrected chi connectivity index (χ0v) is 8.65. The van der Waals surface area contributed by atoms with Gasteiger partial charge in [0.2, 0.25) is 0 Å². The number of benzene rings is 1. The van der Waals surface area contributed by atoms with Gasteiger partial charge in [-0.2, -0.15) is 13.2 Å². The minimum Gasteiger partial charge on any atom is -0.374 e. The van der Waals surface area contributed by atoms with Crippen molar-refractivity contribution in [2.75, 3.05) is 5.32 Å². The first-order valence-electron chi connectivity index (χ1n) is 4.63. The predicted molar refractivity (Wildman–Crippen MR) is 50.5 cm³/mol. The summed E-state index contributed by atoms with van der Waals surface area (Å²) in [4.78, 5) is 0. The van der Waals surface area contributed by atoms with Crippen LogP contribution < -0.4 is 5.32 Å². The van der Waals surface area contributed by atoms with E-state index in [1.165, 1.54) is 0 Å². The molecule has 0 aliphatic carbocycles. The Hall–Kier alpha value is -1.40. The van der Waals surface area contributed by atoms with Crippen molar-refractivity contribution in [2.45, 2.75) is 25.6 Å². The lowest BCUT2D eigenvalue weighted by Crippen LogP contribution is -2.24. The standard InChI is InChI=1S/C10H9F6N/c1-5(9(12)13)17-8-4-6(10(14,15)16)2-3-7(8)11/h2-5,9,17H,1H3. The second-order valence-electron chi connectivity index (χ2n) is 3.46. The Morgan fingerprint density at radius 1 is 1.18 bits per heavy atom. The zero-order valence-electron chi connectivity index (χ0n) is 8.65. The van der Waals surface area contributed by atoms with Crippen LogP contribution in [0, 0.1) is 5.82 Å². The summed E-state index contributed by atoms with van der Waals surface area (Å²) in [5, 5.41) is 2.00. The van der Waals surface area contributed by atoms with Gasteiger partial charge in [0.25, 0.3) is 6.43 Å². The Kier molecular flexibility index (Phi) is 3.90. The lowest BCUT2D eigenvalue weighted by Gasteiger charge is -2.16. The molecule has 0 amide bonds. The Labute approximate surface area is 93.4 Å². The van der Waals surface area contributed by atoms with Gasteiger partial charge in [0, 0.05) is 0 Å². The van der Waals surface area contributed by atoms with E-state index in [1.54, 1.807) is 0 Å². The van der Waals surface area contributed by atoms with Gasteiger partial charge >= 0.3 is 6.18 Å². The number of nitrogens with one attached hydrogen (secondary N) is 1. The molecule has 96 valence electrons. The fourth-order valence-corrected chi connectivity index (χ4v) is 1.12. The van der Waals surface area contributed by atoms with Crippen LogP contribution in [-0.4, -0.2) is 12.5 Å². The monoisotopic (exact) mass is 257 g/mol. The Balaban J connectivity index is 2.99. The maximum atomic E-state index is 13.1. The van der Waals surface area contributed by atoms with E-state index in [0.717, 1.165) is 6.92 Å². The van der Waals surface area contributed by atoms with Crippen LogP contribution in [0.15, 0.2) is 18.2 Å². The summed E-state index contributed by atoms with van der Waals surface area (Å²) in [6.07, 6.45) is -7.44. The average Bonchev–Trinajstić information content (AvgIpc) is 2.19. The number of anilines is 1. The summed E-state index contributed by atoms with van der Waals surface area (Å²) in [5.74, 6) is -1.01. The van der Waals surface area contributed by atoms with E-state index >= 15 is 0 Å². The number of hydrogen-bond donors (Lipinski definition) is 1.